The molecular formula is C12H24O4. The van der Waals surface area contributed by atoms with E-state index >= 15 is 0 Å². The largest absolute Gasteiger partial charge is 0.461 e. The Hall–Kier alpha value is -0.610. The van der Waals surface area contributed by atoms with Gasteiger partial charge in [0.1, 0.15) is 6.61 Å². The Morgan fingerprint density at radius 3 is 2.38 bits per heavy atom. The molecule has 0 aliphatic heterocycles. The van der Waals surface area contributed by atoms with Crippen molar-refractivity contribution in [1.82, 2.24) is 0 Å². The third kappa shape index (κ3) is 11.5. The van der Waals surface area contributed by atoms with E-state index in [-0.39, 0.29) is 18.7 Å². The molecule has 0 aromatic rings. The zero-order chi connectivity index (χ0) is 12.2. The van der Waals surface area contributed by atoms with E-state index in [1.165, 1.54) is 12.8 Å². The first-order chi connectivity index (χ1) is 7.66. The average molecular weight is 232 g/mol. The molecule has 0 amide bonds. The van der Waals surface area contributed by atoms with E-state index in [1.807, 2.05) is 13.8 Å². The Morgan fingerprint density at radius 1 is 1.06 bits per heavy atom. The number of carbonyl (C=O) groups is 1. The van der Waals surface area contributed by atoms with Crippen molar-refractivity contribution in [3.63, 3.8) is 0 Å². The number of ether oxygens (including phenoxy) is 3. The molecule has 0 rings (SSSR count). The van der Waals surface area contributed by atoms with Gasteiger partial charge in [0.15, 0.2) is 0 Å². The van der Waals surface area contributed by atoms with Crippen LogP contribution in [0.4, 0.5) is 0 Å². The molecule has 0 bridgehead atoms. The highest BCUT2D eigenvalue weighted by atomic mass is 16.6. The second-order valence-corrected chi connectivity index (χ2v) is 3.91. The fourth-order valence-electron chi connectivity index (χ4n) is 1.13. The summed E-state index contributed by atoms with van der Waals surface area (Å²) in [6.07, 6.45) is 3.40. The van der Waals surface area contributed by atoms with Crippen LogP contribution < -0.4 is 0 Å². The molecule has 16 heavy (non-hydrogen) atoms. The molecule has 0 N–H and O–H groups in total. The molecule has 4 nitrogen and oxygen atoms in total. The predicted octanol–water partition coefficient (Wildman–Crippen LogP) is 2.16. The number of esters is 1. The standard InChI is InChI=1S/C12H24O4/c1-4-5-6-7-14-8-9-15-10-12(13)16-11(2)3/h11H,4-10H2,1-3H3. The second-order valence-electron chi connectivity index (χ2n) is 3.91. The molecule has 0 atom stereocenters. The van der Waals surface area contributed by atoms with Crippen LogP contribution in [0.1, 0.15) is 40.0 Å². The van der Waals surface area contributed by atoms with Crippen molar-refractivity contribution in [2.45, 2.75) is 46.1 Å². The van der Waals surface area contributed by atoms with Gasteiger partial charge in [0.2, 0.25) is 0 Å². The first-order valence-corrected chi connectivity index (χ1v) is 6.01. The zero-order valence-corrected chi connectivity index (χ0v) is 10.7. The quantitative estimate of drug-likeness (QED) is 0.428. The molecule has 0 aliphatic rings. The van der Waals surface area contributed by atoms with Crippen molar-refractivity contribution < 1.29 is 19.0 Å². The van der Waals surface area contributed by atoms with Crippen LogP contribution in [-0.4, -0.2) is 38.5 Å². The van der Waals surface area contributed by atoms with Crippen molar-refractivity contribution in [3.05, 3.63) is 0 Å². The Bertz CT molecular complexity index is 168. The first kappa shape index (κ1) is 15.4. The molecule has 0 heterocycles. The van der Waals surface area contributed by atoms with Crippen molar-refractivity contribution >= 4 is 5.97 Å². The molecule has 0 aliphatic carbocycles. The van der Waals surface area contributed by atoms with Gasteiger partial charge in [0.25, 0.3) is 0 Å². The SMILES string of the molecule is CCCCCOCCOCC(=O)OC(C)C. The molecule has 0 radical (unpaired) electrons. The maximum atomic E-state index is 11.0. The maximum Gasteiger partial charge on any atom is 0.332 e. The smallest absolute Gasteiger partial charge is 0.332 e. The van der Waals surface area contributed by atoms with Crippen LogP contribution in [-0.2, 0) is 19.0 Å². The van der Waals surface area contributed by atoms with Crippen molar-refractivity contribution in [2.24, 2.45) is 0 Å². The molecular weight excluding hydrogens is 208 g/mol. The minimum atomic E-state index is -0.319. The van der Waals surface area contributed by atoms with Gasteiger partial charge in [-0.3, -0.25) is 0 Å². The predicted molar refractivity (Wildman–Crippen MR) is 62.4 cm³/mol. The molecule has 96 valence electrons. The first-order valence-electron chi connectivity index (χ1n) is 6.01. The average Bonchev–Trinajstić information content (AvgIpc) is 2.21. The fraction of sp³-hybridized carbons (Fsp3) is 0.917. The summed E-state index contributed by atoms with van der Waals surface area (Å²) in [6, 6.07) is 0. The lowest BCUT2D eigenvalue weighted by Crippen LogP contribution is -2.18. The Labute approximate surface area is 98.3 Å². The molecule has 0 spiro atoms. The van der Waals surface area contributed by atoms with Crippen molar-refractivity contribution in [3.8, 4) is 0 Å². The Morgan fingerprint density at radius 2 is 1.75 bits per heavy atom. The van der Waals surface area contributed by atoms with Gasteiger partial charge in [-0.2, -0.15) is 0 Å². The monoisotopic (exact) mass is 232 g/mol. The van der Waals surface area contributed by atoms with Gasteiger partial charge in [-0.1, -0.05) is 19.8 Å². The third-order valence-corrected chi connectivity index (χ3v) is 1.85. The van der Waals surface area contributed by atoms with E-state index in [0.717, 1.165) is 13.0 Å². The zero-order valence-electron chi connectivity index (χ0n) is 10.7. The summed E-state index contributed by atoms with van der Waals surface area (Å²) in [5.74, 6) is -0.319. The van der Waals surface area contributed by atoms with Crippen LogP contribution in [0.25, 0.3) is 0 Å². The van der Waals surface area contributed by atoms with E-state index in [0.29, 0.717) is 13.2 Å². The lowest BCUT2D eigenvalue weighted by molar-refractivity contribution is -0.153. The number of rotatable bonds is 10. The topological polar surface area (TPSA) is 44.8 Å². The fourth-order valence-corrected chi connectivity index (χ4v) is 1.13. The van der Waals surface area contributed by atoms with Gasteiger partial charge in [0.05, 0.1) is 19.3 Å². The number of hydrogen-bond donors (Lipinski definition) is 0. The summed E-state index contributed by atoms with van der Waals surface area (Å²) in [4.78, 5) is 11.0. The van der Waals surface area contributed by atoms with E-state index in [2.05, 4.69) is 6.92 Å². The normalized spacial score (nSPS) is 10.8. The highest BCUT2D eigenvalue weighted by Crippen LogP contribution is 1.94. The number of unbranched alkanes of at least 4 members (excludes halogenated alkanes) is 2. The van der Waals surface area contributed by atoms with Gasteiger partial charge >= 0.3 is 5.97 Å². The van der Waals surface area contributed by atoms with Crippen LogP contribution in [0, 0.1) is 0 Å². The van der Waals surface area contributed by atoms with Crippen molar-refractivity contribution in [2.75, 3.05) is 26.4 Å². The summed E-state index contributed by atoms with van der Waals surface area (Å²) in [7, 11) is 0. The van der Waals surface area contributed by atoms with Crippen LogP contribution in [0.15, 0.2) is 0 Å². The van der Waals surface area contributed by atoms with Crippen LogP contribution in [0.5, 0.6) is 0 Å². The summed E-state index contributed by atoms with van der Waals surface area (Å²) in [6.45, 7) is 7.55. The lowest BCUT2D eigenvalue weighted by Gasteiger charge is -2.08. The van der Waals surface area contributed by atoms with Gasteiger partial charge in [-0.15, -0.1) is 0 Å². The molecule has 4 heteroatoms. The molecule has 0 fully saturated rings. The number of carbonyl (C=O) groups excluding carboxylic acids is 1. The van der Waals surface area contributed by atoms with Gasteiger partial charge in [0, 0.05) is 6.61 Å². The Kier molecular flexibility index (Phi) is 10.5. The maximum absolute atomic E-state index is 11.0. The van der Waals surface area contributed by atoms with Crippen molar-refractivity contribution in [1.29, 1.82) is 0 Å². The summed E-state index contributed by atoms with van der Waals surface area (Å²) in [5, 5.41) is 0. The molecule has 0 aromatic carbocycles. The van der Waals surface area contributed by atoms with Gasteiger partial charge < -0.3 is 14.2 Å². The third-order valence-electron chi connectivity index (χ3n) is 1.85. The Balaban J connectivity index is 3.11. The molecule has 0 aromatic heterocycles. The van der Waals surface area contributed by atoms with Gasteiger partial charge in [-0.25, -0.2) is 4.79 Å². The molecule has 0 saturated heterocycles. The second kappa shape index (κ2) is 10.9. The minimum absolute atomic E-state index is 0.0104. The van der Waals surface area contributed by atoms with E-state index in [1.54, 1.807) is 0 Å². The summed E-state index contributed by atoms with van der Waals surface area (Å²) in [5.41, 5.74) is 0. The van der Waals surface area contributed by atoms with E-state index in [4.69, 9.17) is 14.2 Å². The van der Waals surface area contributed by atoms with Crippen LogP contribution in [0.3, 0.4) is 0 Å². The van der Waals surface area contributed by atoms with Crippen LogP contribution in [0.2, 0.25) is 0 Å². The van der Waals surface area contributed by atoms with E-state index in [9.17, 15) is 4.79 Å². The minimum Gasteiger partial charge on any atom is -0.461 e. The molecule has 0 unspecified atom stereocenters. The lowest BCUT2D eigenvalue weighted by atomic mass is 10.3. The highest BCUT2D eigenvalue weighted by Gasteiger charge is 2.04. The molecule has 0 saturated carbocycles. The van der Waals surface area contributed by atoms with E-state index < -0.39 is 0 Å². The van der Waals surface area contributed by atoms with Gasteiger partial charge in [-0.05, 0) is 20.3 Å². The van der Waals surface area contributed by atoms with Crippen LogP contribution >= 0.6 is 0 Å². The highest BCUT2D eigenvalue weighted by molar-refractivity contribution is 5.70. The summed E-state index contributed by atoms with van der Waals surface area (Å²) < 4.78 is 15.3. The summed E-state index contributed by atoms with van der Waals surface area (Å²) >= 11 is 0. The number of hydrogen-bond acceptors (Lipinski definition) is 4.